The molecule has 0 radical (unpaired) electrons. The van der Waals surface area contributed by atoms with Crippen LogP contribution in [0.15, 0.2) is 12.1 Å². The molecular weight excluding hydrogens is 202 g/mol. The van der Waals surface area contributed by atoms with Crippen molar-refractivity contribution in [2.75, 3.05) is 0 Å². The molecule has 1 nitrogen and oxygen atoms in total. The van der Waals surface area contributed by atoms with Crippen molar-refractivity contribution in [3.8, 4) is 0 Å². The van der Waals surface area contributed by atoms with Crippen LogP contribution < -0.4 is 5.73 Å². The van der Waals surface area contributed by atoms with E-state index in [1.165, 1.54) is 9.75 Å². The van der Waals surface area contributed by atoms with Crippen LogP contribution in [0.5, 0.6) is 0 Å². The molecule has 0 saturated heterocycles. The van der Waals surface area contributed by atoms with Gasteiger partial charge >= 0.3 is 0 Å². The van der Waals surface area contributed by atoms with Gasteiger partial charge in [0.15, 0.2) is 0 Å². The van der Waals surface area contributed by atoms with E-state index in [9.17, 15) is 0 Å². The Bertz CT molecular complexity index is 245. The van der Waals surface area contributed by atoms with E-state index in [1.807, 2.05) is 11.3 Å². The first kappa shape index (κ1) is 12.9. The molecule has 76 valence electrons. The first-order valence-electron chi connectivity index (χ1n) is 4.41. The topological polar surface area (TPSA) is 26.0 Å². The molecule has 2 N–H and O–H groups in total. The summed E-state index contributed by atoms with van der Waals surface area (Å²) in [6, 6.07) is 4.52. The summed E-state index contributed by atoms with van der Waals surface area (Å²) in [4.78, 5) is 2.67. The molecule has 0 aromatic carbocycles. The Hall–Kier alpha value is -0.0500. The minimum absolute atomic E-state index is 0. The van der Waals surface area contributed by atoms with Gasteiger partial charge in [-0.1, -0.05) is 13.8 Å². The van der Waals surface area contributed by atoms with Crippen molar-refractivity contribution in [2.24, 2.45) is 11.7 Å². The molecule has 13 heavy (non-hydrogen) atoms. The molecule has 0 saturated carbocycles. The average molecular weight is 220 g/mol. The Morgan fingerprint density at radius 1 is 1.38 bits per heavy atom. The summed E-state index contributed by atoms with van der Waals surface area (Å²) in [6.45, 7) is 6.54. The van der Waals surface area contributed by atoms with Crippen LogP contribution >= 0.6 is 23.7 Å². The molecule has 1 heterocycles. The summed E-state index contributed by atoms with van der Waals surface area (Å²) >= 11 is 1.81. The third-order valence-corrected chi connectivity index (χ3v) is 2.98. The highest BCUT2D eigenvalue weighted by Crippen LogP contribution is 2.25. The van der Waals surface area contributed by atoms with E-state index < -0.39 is 0 Å². The largest absolute Gasteiger partial charge is 0.323 e. The number of thiophene rings is 1. The number of aryl methyl sites for hydroxylation is 1. The fourth-order valence-corrected chi connectivity index (χ4v) is 2.17. The van der Waals surface area contributed by atoms with E-state index in [-0.39, 0.29) is 18.4 Å². The monoisotopic (exact) mass is 219 g/mol. The Labute approximate surface area is 90.8 Å². The van der Waals surface area contributed by atoms with Crippen molar-refractivity contribution >= 4 is 23.7 Å². The minimum Gasteiger partial charge on any atom is -0.323 e. The van der Waals surface area contributed by atoms with Crippen molar-refractivity contribution in [2.45, 2.75) is 33.2 Å². The lowest BCUT2D eigenvalue weighted by Crippen LogP contribution is -2.11. The fraction of sp³-hybridized carbons (Fsp3) is 0.600. The van der Waals surface area contributed by atoms with Gasteiger partial charge in [0, 0.05) is 15.8 Å². The number of nitrogens with two attached hydrogens (primary N) is 1. The molecule has 0 aliphatic rings. The van der Waals surface area contributed by atoms with Crippen molar-refractivity contribution in [1.29, 1.82) is 0 Å². The van der Waals surface area contributed by atoms with Crippen LogP contribution in [0.2, 0.25) is 0 Å². The molecule has 1 atom stereocenters. The molecular formula is C10H18ClNS. The number of hydrogen-bond acceptors (Lipinski definition) is 2. The molecule has 0 bridgehead atoms. The van der Waals surface area contributed by atoms with E-state index in [1.54, 1.807) is 0 Å². The van der Waals surface area contributed by atoms with Crippen molar-refractivity contribution in [3.63, 3.8) is 0 Å². The van der Waals surface area contributed by atoms with Crippen molar-refractivity contribution < 1.29 is 0 Å². The lowest BCUT2D eigenvalue weighted by molar-refractivity contribution is 0.515. The highest BCUT2D eigenvalue weighted by Gasteiger charge is 2.09. The second-order valence-corrected chi connectivity index (χ2v) is 5.00. The van der Waals surface area contributed by atoms with Gasteiger partial charge in [0.25, 0.3) is 0 Å². The van der Waals surface area contributed by atoms with Crippen LogP contribution in [0, 0.1) is 12.8 Å². The van der Waals surface area contributed by atoms with Crippen LogP contribution in [0.25, 0.3) is 0 Å². The molecule has 1 rings (SSSR count). The predicted octanol–water partition coefficient (Wildman–Crippen LogP) is 3.52. The van der Waals surface area contributed by atoms with Crippen LogP contribution in [0.4, 0.5) is 0 Å². The Morgan fingerprint density at radius 2 is 2.00 bits per heavy atom. The van der Waals surface area contributed by atoms with Gasteiger partial charge in [-0.15, -0.1) is 23.7 Å². The zero-order chi connectivity index (χ0) is 9.14. The molecule has 3 heteroatoms. The highest BCUT2D eigenvalue weighted by molar-refractivity contribution is 7.12. The van der Waals surface area contributed by atoms with Gasteiger partial charge in [-0.05, 0) is 31.4 Å². The van der Waals surface area contributed by atoms with Crippen LogP contribution in [-0.4, -0.2) is 0 Å². The smallest absolute Gasteiger partial charge is 0.0392 e. The Balaban J connectivity index is 0.00000144. The third kappa shape index (κ3) is 4.12. The third-order valence-electron chi connectivity index (χ3n) is 1.85. The van der Waals surface area contributed by atoms with Gasteiger partial charge in [-0.25, -0.2) is 0 Å². The Kier molecular flexibility index (Phi) is 5.61. The van der Waals surface area contributed by atoms with E-state index in [2.05, 4.69) is 32.9 Å². The van der Waals surface area contributed by atoms with Crippen LogP contribution in [-0.2, 0) is 0 Å². The van der Waals surface area contributed by atoms with E-state index >= 15 is 0 Å². The van der Waals surface area contributed by atoms with Gasteiger partial charge in [-0.3, -0.25) is 0 Å². The SMILES string of the molecule is Cc1ccc([C@H](N)CC(C)C)s1.Cl. The van der Waals surface area contributed by atoms with Gasteiger partial charge in [0.2, 0.25) is 0 Å². The minimum atomic E-state index is 0. The van der Waals surface area contributed by atoms with E-state index in [4.69, 9.17) is 5.73 Å². The molecule has 1 aromatic heterocycles. The summed E-state index contributed by atoms with van der Waals surface area (Å²) in [6.07, 6.45) is 1.08. The zero-order valence-corrected chi connectivity index (χ0v) is 10.0. The maximum Gasteiger partial charge on any atom is 0.0392 e. The maximum absolute atomic E-state index is 6.02. The van der Waals surface area contributed by atoms with Crippen LogP contribution in [0.3, 0.4) is 0 Å². The van der Waals surface area contributed by atoms with Crippen LogP contribution in [0.1, 0.15) is 36.1 Å². The van der Waals surface area contributed by atoms with Gasteiger partial charge in [-0.2, -0.15) is 0 Å². The summed E-state index contributed by atoms with van der Waals surface area (Å²) in [5, 5.41) is 0. The number of hydrogen-bond donors (Lipinski definition) is 1. The lowest BCUT2D eigenvalue weighted by atomic mass is 10.0. The fourth-order valence-electron chi connectivity index (χ4n) is 1.28. The average Bonchev–Trinajstić information content (AvgIpc) is 2.34. The lowest BCUT2D eigenvalue weighted by Gasteiger charge is -2.11. The summed E-state index contributed by atoms with van der Waals surface area (Å²) in [7, 11) is 0. The summed E-state index contributed by atoms with van der Waals surface area (Å²) < 4.78 is 0. The first-order valence-corrected chi connectivity index (χ1v) is 5.23. The quantitative estimate of drug-likeness (QED) is 0.827. The van der Waals surface area contributed by atoms with E-state index in [0.29, 0.717) is 5.92 Å². The summed E-state index contributed by atoms with van der Waals surface area (Å²) in [5.74, 6) is 0.683. The molecule has 0 amide bonds. The molecule has 0 fully saturated rings. The first-order chi connectivity index (χ1) is 5.59. The maximum atomic E-state index is 6.02. The number of rotatable bonds is 3. The van der Waals surface area contributed by atoms with Gasteiger partial charge in [0.05, 0.1) is 0 Å². The van der Waals surface area contributed by atoms with Gasteiger partial charge in [0.1, 0.15) is 0 Å². The highest BCUT2D eigenvalue weighted by atomic mass is 35.5. The predicted molar refractivity (Wildman–Crippen MR) is 62.7 cm³/mol. The zero-order valence-electron chi connectivity index (χ0n) is 8.41. The Morgan fingerprint density at radius 3 is 2.38 bits per heavy atom. The number of halogens is 1. The van der Waals surface area contributed by atoms with Gasteiger partial charge < -0.3 is 5.73 Å². The molecule has 0 aliphatic carbocycles. The normalized spacial score (nSPS) is 12.7. The van der Waals surface area contributed by atoms with E-state index in [0.717, 1.165) is 6.42 Å². The second-order valence-electron chi connectivity index (χ2n) is 3.68. The molecule has 0 aliphatic heterocycles. The standard InChI is InChI=1S/C10H17NS.ClH/c1-7(2)6-9(11)10-5-4-8(3)12-10;/h4-5,7,9H,6,11H2,1-3H3;1H/t9-;/m1./s1. The molecule has 1 aromatic rings. The molecule has 0 spiro atoms. The second kappa shape index (κ2) is 5.63. The molecule has 0 unspecified atom stereocenters. The van der Waals surface area contributed by atoms with Crippen molar-refractivity contribution in [1.82, 2.24) is 0 Å². The summed E-state index contributed by atoms with van der Waals surface area (Å²) in [5.41, 5.74) is 6.02. The van der Waals surface area contributed by atoms with Crippen molar-refractivity contribution in [3.05, 3.63) is 21.9 Å².